The zero-order valence-corrected chi connectivity index (χ0v) is 18.7. The highest BCUT2D eigenvalue weighted by Crippen LogP contribution is 2.12. The molecule has 1 saturated heterocycles. The third kappa shape index (κ3) is 8.45. The van der Waals surface area contributed by atoms with Gasteiger partial charge in [-0.05, 0) is 41.8 Å². The van der Waals surface area contributed by atoms with Crippen LogP contribution in [0.2, 0.25) is 0 Å². The predicted octanol–water partition coefficient (Wildman–Crippen LogP) is 2.41. The normalized spacial score (nSPS) is 14.7. The number of amides is 2. The van der Waals surface area contributed by atoms with E-state index in [9.17, 15) is 23.9 Å². The highest BCUT2D eigenvalue weighted by Gasteiger charge is 2.22. The van der Waals surface area contributed by atoms with Crippen molar-refractivity contribution in [3.05, 3.63) is 65.5 Å². The van der Waals surface area contributed by atoms with Crippen molar-refractivity contribution in [1.82, 2.24) is 10.2 Å². The molecule has 1 aliphatic rings. The maximum atomic E-state index is 13.0. The largest absolute Gasteiger partial charge is 0.480 e. The summed E-state index contributed by atoms with van der Waals surface area (Å²) >= 11 is 0. The molecule has 1 unspecified atom stereocenters. The number of ether oxygens (including phenoxy) is 2. The fraction of sp³-hybridized carbons (Fsp3) is 0.375. The second-order valence-electron chi connectivity index (χ2n) is 7.90. The highest BCUT2D eigenvalue weighted by molar-refractivity contribution is 5.92. The number of morpholine rings is 1. The van der Waals surface area contributed by atoms with Crippen LogP contribution in [-0.2, 0) is 32.1 Å². The molecule has 10 heteroatoms. The fourth-order valence-electron chi connectivity index (χ4n) is 3.40. The maximum absolute atomic E-state index is 13.0. The topological polar surface area (TPSA) is 117 Å². The molecule has 1 heterocycles. The average Bonchev–Trinajstić information content (AvgIpc) is 2.83. The summed E-state index contributed by atoms with van der Waals surface area (Å²) in [6.07, 6.45) is -0.440. The second kappa shape index (κ2) is 12.7. The smallest absolute Gasteiger partial charge is 0.408 e. The molecule has 1 aliphatic heterocycles. The van der Waals surface area contributed by atoms with Gasteiger partial charge in [0.15, 0.2) is 0 Å². The Morgan fingerprint density at radius 1 is 1.03 bits per heavy atom. The molecule has 3 N–H and O–H groups in total. The summed E-state index contributed by atoms with van der Waals surface area (Å²) in [6.45, 7) is 3.19. The maximum Gasteiger partial charge on any atom is 0.408 e. The Balaban J connectivity index is 1.40. The van der Waals surface area contributed by atoms with E-state index in [-0.39, 0.29) is 31.2 Å². The zero-order chi connectivity index (χ0) is 24.3. The number of rotatable bonds is 10. The summed E-state index contributed by atoms with van der Waals surface area (Å²) in [7, 11) is 0. The van der Waals surface area contributed by atoms with Crippen molar-refractivity contribution in [2.75, 3.05) is 38.2 Å². The molecule has 3 rings (SSSR count). The first kappa shape index (κ1) is 25.1. The minimum atomic E-state index is -1.12. The molecule has 9 nitrogen and oxygen atoms in total. The summed E-state index contributed by atoms with van der Waals surface area (Å²) in [5, 5.41) is 14.5. The molecule has 0 bridgehead atoms. The van der Waals surface area contributed by atoms with Gasteiger partial charge in [0.05, 0.1) is 19.6 Å². The summed E-state index contributed by atoms with van der Waals surface area (Å²) in [6, 6.07) is 11.4. The van der Waals surface area contributed by atoms with Gasteiger partial charge < -0.3 is 25.2 Å². The van der Waals surface area contributed by atoms with Crippen molar-refractivity contribution in [3.63, 3.8) is 0 Å². The van der Waals surface area contributed by atoms with Crippen LogP contribution in [0.4, 0.5) is 14.9 Å². The summed E-state index contributed by atoms with van der Waals surface area (Å²) in [5.41, 5.74) is 1.93. The van der Waals surface area contributed by atoms with Gasteiger partial charge in [-0.25, -0.2) is 14.0 Å². The van der Waals surface area contributed by atoms with Crippen molar-refractivity contribution >= 4 is 23.7 Å². The summed E-state index contributed by atoms with van der Waals surface area (Å²) in [4.78, 5) is 37.8. The van der Waals surface area contributed by atoms with E-state index in [1.807, 2.05) is 0 Å². The molecule has 0 aromatic heterocycles. The molecule has 2 aromatic carbocycles. The standard InChI is InChI=1S/C24H28FN3O6/c25-19-5-1-17(2-6-19)15-22(29)26-20-7-3-18(4-8-20)16-34-24(32)27-21(23(30)31)9-10-28-11-13-33-14-12-28/h1-8,21H,9-16H2,(H,26,29)(H,27,32)(H,30,31). The van der Waals surface area contributed by atoms with E-state index in [2.05, 4.69) is 15.5 Å². The van der Waals surface area contributed by atoms with Crippen LogP contribution < -0.4 is 10.6 Å². The van der Waals surface area contributed by atoms with Crippen molar-refractivity contribution in [2.45, 2.75) is 25.5 Å². The van der Waals surface area contributed by atoms with Crippen LogP contribution in [-0.4, -0.2) is 66.9 Å². The highest BCUT2D eigenvalue weighted by atomic mass is 19.1. The first-order chi connectivity index (χ1) is 16.4. The number of hydrogen-bond donors (Lipinski definition) is 3. The van der Waals surface area contributed by atoms with Crippen LogP contribution in [0.3, 0.4) is 0 Å². The number of hydrogen-bond acceptors (Lipinski definition) is 6. The molecule has 2 amide bonds. The van der Waals surface area contributed by atoms with Crippen LogP contribution in [0.5, 0.6) is 0 Å². The average molecular weight is 474 g/mol. The number of carbonyl (C=O) groups excluding carboxylic acids is 2. The number of halogens is 1. The van der Waals surface area contributed by atoms with Crippen molar-refractivity contribution in [1.29, 1.82) is 0 Å². The van der Waals surface area contributed by atoms with Gasteiger partial charge in [0.1, 0.15) is 18.5 Å². The molecular formula is C24H28FN3O6. The lowest BCUT2D eigenvalue weighted by Gasteiger charge is -2.27. The number of nitrogens with one attached hydrogen (secondary N) is 2. The molecule has 34 heavy (non-hydrogen) atoms. The van der Waals surface area contributed by atoms with Crippen LogP contribution in [0.15, 0.2) is 48.5 Å². The van der Waals surface area contributed by atoms with E-state index in [0.29, 0.717) is 36.6 Å². The van der Waals surface area contributed by atoms with Crippen LogP contribution >= 0.6 is 0 Å². The molecule has 2 aromatic rings. The van der Waals surface area contributed by atoms with Crippen LogP contribution in [0.25, 0.3) is 0 Å². The van der Waals surface area contributed by atoms with E-state index < -0.39 is 18.1 Å². The SMILES string of the molecule is O=C(Cc1ccc(F)cc1)Nc1ccc(COC(=O)NC(CCN2CCOCC2)C(=O)O)cc1. The Bertz CT molecular complexity index is 962. The number of anilines is 1. The first-order valence-electron chi connectivity index (χ1n) is 11.0. The van der Waals surface area contributed by atoms with Gasteiger partial charge >= 0.3 is 12.1 Å². The Hall–Kier alpha value is -3.50. The van der Waals surface area contributed by atoms with E-state index >= 15 is 0 Å². The summed E-state index contributed by atoms with van der Waals surface area (Å²) < 4.78 is 23.4. The predicted molar refractivity (Wildman–Crippen MR) is 122 cm³/mol. The van der Waals surface area contributed by atoms with Crippen molar-refractivity contribution < 1.29 is 33.4 Å². The number of aliphatic carboxylic acids is 1. The van der Waals surface area contributed by atoms with E-state index in [1.54, 1.807) is 36.4 Å². The molecular weight excluding hydrogens is 445 g/mol. The number of benzene rings is 2. The lowest BCUT2D eigenvalue weighted by molar-refractivity contribution is -0.139. The minimum Gasteiger partial charge on any atom is -0.480 e. The number of carboxylic acid groups (broad SMARTS) is 1. The van der Waals surface area contributed by atoms with Gasteiger partial charge in [0, 0.05) is 25.3 Å². The summed E-state index contributed by atoms with van der Waals surface area (Å²) in [5.74, 6) is -1.72. The molecule has 0 aliphatic carbocycles. The number of nitrogens with zero attached hydrogens (tertiary/aromatic N) is 1. The van der Waals surface area contributed by atoms with E-state index in [4.69, 9.17) is 9.47 Å². The van der Waals surface area contributed by atoms with Crippen molar-refractivity contribution in [3.8, 4) is 0 Å². The lowest BCUT2D eigenvalue weighted by atomic mass is 10.1. The zero-order valence-electron chi connectivity index (χ0n) is 18.7. The Labute approximate surface area is 196 Å². The second-order valence-corrected chi connectivity index (χ2v) is 7.90. The van der Waals surface area contributed by atoms with Gasteiger partial charge in [0.2, 0.25) is 5.91 Å². The van der Waals surface area contributed by atoms with Gasteiger partial charge in [0.25, 0.3) is 0 Å². The van der Waals surface area contributed by atoms with E-state index in [0.717, 1.165) is 13.1 Å². The third-order valence-corrected chi connectivity index (χ3v) is 5.31. The molecule has 1 fully saturated rings. The van der Waals surface area contributed by atoms with E-state index in [1.165, 1.54) is 12.1 Å². The fourth-order valence-corrected chi connectivity index (χ4v) is 3.40. The quantitative estimate of drug-likeness (QED) is 0.485. The Morgan fingerprint density at radius 3 is 2.32 bits per heavy atom. The van der Waals surface area contributed by atoms with Crippen LogP contribution in [0, 0.1) is 5.82 Å². The Morgan fingerprint density at radius 2 is 1.68 bits per heavy atom. The van der Waals surface area contributed by atoms with Crippen molar-refractivity contribution in [2.24, 2.45) is 0 Å². The van der Waals surface area contributed by atoms with Gasteiger partial charge in [-0.2, -0.15) is 0 Å². The third-order valence-electron chi connectivity index (χ3n) is 5.31. The molecule has 0 spiro atoms. The van der Waals surface area contributed by atoms with Crippen LogP contribution in [0.1, 0.15) is 17.5 Å². The van der Waals surface area contributed by atoms with Gasteiger partial charge in [-0.1, -0.05) is 24.3 Å². The monoisotopic (exact) mass is 473 g/mol. The first-order valence-corrected chi connectivity index (χ1v) is 11.0. The number of carbonyl (C=O) groups is 3. The lowest BCUT2D eigenvalue weighted by Crippen LogP contribution is -2.45. The molecule has 0 saturated carbocycles. The minimum absolute atomic E-state index is 0.0502. The van der Waals surface area contributed by atoms with Gasteiger partial charge in [-0.3, -0.25) is 9.69 Å². The molecule has 182 valence electrons. The van der Waals surface area contributed by atoms with Gasteiger partial charge in [-0.15, -0.1) is 0 Å². The number of alkyl carbamates (subject to hydrolysis) is 1. The molecule has 0 radical (unpaired) electrons. The number of carboxylic acids is 1. The Kier molecular flexibility index (Phi) is 9.36. The molecule has 1 atom stereocenters.